The molecule has 0 saturated carbocycles. The molecule has 2 radical (unpaired) electrons. The predicted molar refractivity (Wildman–Crippen MR) is 23.0 cm³/mol. The zero-order chi connectivity index (χ0) is 0. The van der Waals surface area contributed by atoms with Crippen molar-refractivity contribution in [3.05, 3.63) is 0 Å². The number of hydrogen-bond donors (Lipinski definition) is 0. The average molecular weight is 259 g/mol. The summed E-state index contributed by atoms with van der Waals surface area (Å²) >= 11 is 0. The standard InChI is InChI=1S/2ClH.Sn.Zn.2H/h2*1H;;;;. The molecule has 0 amide bonds. The van der Waals surface area contributed by atoms with Gasteiger partial charge in [-0.15, -0.1) is 24.8 Å². The summed E-state index contributed by atoms with van der Waals surface area (Å²) in [5.41, 5.74) is 0. The minimum absolute atomic E-state index is 0. The van der Waals surface area contributed by atoms with Crippen molar-refractivity contribution in [1.82, 2.24) is 0 Å². The molecule has 0 fully saturated rings. The first-order valence-electron chi connectivity index (χ1n) is 0. The molecule has 0 nitrogen and oxygen atoms in total. The summed E-state index contributed by atoms with van der Waals surface area (Å²) in [5, 5.41) is 0. The van der Waals surface area contributed by atoms with Crippen molar-refractivity contribution in [2.24, 2.45) is 0 Å². The topological polar surface area (TPSA) is 0 Å². The molecular formula is H4Cl2SnZn. The third-order valence-electron chi connectivity index (χ3n) is 0. The van der Waals surface area contributed by atoms with E-state index >= 15 is 0 Å². The van der Waals surface area contributed by atoms with Crippen LogP contribution in [0.25, 0.3) is 0 Å². The van der Waals surface area contributed by atoms with Gasteiger partial charge < -0.3 is 0 Å². The first kappa shape index (κ1) is 37.5. The summed E-state index contributed by atoms with van der Waals surface area (Å²) in [5.74, 6) is 0. The Kier molecular flexibility index (Phi) is 187. The van der Waals surface area contributed by atoms with Gasteiger partial charge in [-0.2, -0.15) is 0 Å². The fraction of sp³-hybridized carbons (Fsp3) is 0. The molecule has 0 spiro atoms. The molecular weight excluding hydrogens is 255 g/mol. The van der Waals surface area contributed by atoms with Crippen molar-refractivity contribution < 1.29 is 19.5 Å². The van der Waals surface area contributed by atoms with Crippen molar-refractivity contribution in [2.75, 3.05) is 0 Å². The van der Waals surface area contributed by atoms with Crippen LogP contribution in [0.5, 0.6) is 0 Å². The quantitative estimate of drug-likeness (QED) is 0.534. The van der Waals surface area contributed by atoms with Crippen LogP contribution < -0.4 is 0 Å². The van der Waals surface area contributed by atoms with E-state index in [1.165, 1.54) is 0 Å². The van der Waals surface area contributed by atoms with Gasteiger partial charge in [-0.1, -0.05) is 0 Å². The Hall–Kier alpha value is 2.00. The Morgan fingerprint density at radius 2 is 0.750 bits per heavy atom. The summed E-state index contributed by atoms with van der Waals surface area (Å²) < 4.78 is 0. The van der Waals surface area contributed by atoms with Gasteiger partial charge in [0.1, 0.15) is 0 Å². The molecule has 0 aliphatic heterocycles. The maximum absolute atomic E-state index is 0. The minimum atomic E-state index is 0. The van der Waals surface area contributed by atoms with Crippen LogP contribution in [-0.2, 0) is 19.5 Å². The fourth-order valence-electron chi connectivity index (χ4n) is 0. The summed E-state index contributed by atoms with van der Waals surface area (Å²) in [6.07, 6.45) is 0. The van der Waals surface area contributed by atoms with E-state index in [4.69, 9.17) is 0 Å². The van der Waals surface area contributed by atoms with Crippen molar-refractivity contribution in [1.29, 1.82) is 0 Å². The van der Waals surface area contributed by atoms with Gasteiger partial charge in [0.15, 0.2) is 0 Å². The Morgan fingerprint density at radius 3 is 0.750 bits per heavy atom. The molecule has 4 heavy (non-hydrogen) atoms. The molecule has 0 saturated heterocycles. The second kappa shape index (κ2) is 20.0. The van der Waals surface area contributed by atoms with Crippen LogP contribution in [0.3, 0.4) is 0 Å². The van der Waals surface area contributed by atoms with Crippen molar-refractivity contribution in [2.45, 2.75) is 0 Å². The molecule has 4 heteroatoms. The molecule has 0 aliphatic carbocycles. The van der Waals surface area contributed by atoms with E-state index in [9.17, 15) is 0 Å². The van der Waals surface area contributed by atoms with E-state index in [2.05, 4.69) is 0 Å². The molecule has 0 aromatic carbocycles. The van der Waals surface area contributed by atoms with Gasteiger partial charge in [0.05, 0.1) is 0 Å². The summed E-state index contributed by atoms with van der Waals surface area (Å²) in [7, 11) is 0. The number of rotatable bonds is 0. The second-order valence-corrected chi connectivity index (χ2v) is 0. The van der Waals surface area contributed by atoms with Crippen LogP contribution in [-0.4, -0.2) is 23.9 Å². The monoisotopic (exact) mass is 258 g/mol. The Labute approximate surface area is 67.6 Å². The maximum Gasteiger partial charge on any atom is 0 e. The third-order valence-corrected chi connectivity index (χ3v) is 0. The second-order valence-electron chi connectivity index (χ2n) is 0. The zero-order valence-electron chi connectivity index (χ0n) is 2.23. The van der Waals surface area contributed by atoms with Gasteiger partial charge in [0.2, 0.25) is 0 Å². The van der Waals surface area contributed by atoms with E-state index < -0.39 is 0 Å². The van der Waals surface area contributed by atoms with Gasteiger partial charge in [-0.25, -0.2) is 0 Å². The van der Waals surface area contributed by atoms with Gasteiger partial charge in [-0.05, 0) is 0 Å². The number of halogens is 2. The van der Waals surface area contributed by atoms with Crippen LogP contribution in [0.15, 0.2) is 0 Å². The van der Waals surface area contributed by atoms with Crippen LogP contribution in [0.1, 0.15) is 0 Å². The summed E-state index contributed by atoms with van der Waals surface area (Å²) in [6.45, 7) is 0. The summed E-state index contributed by atoms with van der Waals surface area (Å²) in [6, 6.07) is 0. The van der Waals surface area contributed by atoms with E-state index in [0.717, 1.165) is 0 Å². The van der Waals surface area contributed by atoms with E-state index in [1.54, 1.807) is 0 Å². The van der Waals surface area contributed by atoms with E-state index in [1.807, 2.05) is 0 Å². The number of hydrogen-bond acceptors (Lipinski definition) is 0. The zero-order valence-corrected chi connectivity index (χ0v) is 10.9. The maximum atomic E-state index is 0. The van der Waals surface area contributed by atoms with Crippen LogP contribution in [0.4, 0.5) is 0 Å². The molecule has 0 heterocycles. The van der Waals surface area contributed by atoms with E-state index in [0.29, 0.717) is 0 Å². The fourth-order valence-corrected chi connectivity index (χ4v) is 0. The Morgan fingerprint density at radius 1 is 0.750 bits per heavy atom. The first-order chi connectivity index (χ1) is 0. The van der Waals surface area contributed by atoms with E-state index in [-0.39, 0.29) is 68.2 Å². The third kappa shape index (κ3) is 9.00. The normalized spacial score (nSPS) is 0. The first-order valence-corrected chi connectivity index (χ1v) is 0. The predicted octanol–water partition coefficient (Wildman–Crippen LogP) is -0.0751. The molecule has 0 atom stereocenters. The molecule has 24 valence electrons. The van der Waals surface area contributed by atoms with Gasteiger partial charge >= 0.3 is 23.9 Å². The minimum Gasteiger partial charge on any atom is 0 e. The molecule has 0 aromatic rings. The molecule has 0 bridgehead atoms. The molecule has 0 aliphatic rings. The average Bonchev–Trinajstić information content (AvgIpc) is 0. The van der Waals surface area contributed by atoms with Crippen LogP contribution in [0.2, 0.25) is 0 Å². The van der Waals surface area contributed by atoms with Crippen LogP contribution in [0, 0.1) is 0 Å². The molecule has 0 rings (SSSR count). The van der Waals surface area contributed by atoms with Crippen molar-refractivity contribution in [3.8, 4) is 0 Å². The summed E-state index contributed by atoms with van der Waals surface area (Å²) in [4.78, 5) is 0. The Balaban J connectivity index is 0. The van der Waals surface area contributed by atoms with Gasteiger partial charge in [0, 0.05) is 19.5 Å². The largest absolute Gasteiger partial charge is 0 e. The van der Waals surface area contributed by atoms with Crippen molar-refractivity contribution >= 4 is 48.7 Å². The van der Waals surface area contributed by atoms with Gasteiger partial charge in [-0.3, -0.25) is 0 Å². The van der Waals surface area contributed by atoms with Crippen molar-refractivity contribution in [3.63, 3.8) is 0 Å². The SMILES string of the molecule is Cl.Cl.[SnH2].[Zn]. The Bertz CT molecular complexity index is 6.00. The van der Waals surface area contributed by atoms with Gasteiger partial charge in [0.25, 0.3) is 0 Å². The molecule has 0 aromatic heterocycles. The molecule has 0 unspecified atom stereocenters. The van der Waals surface area contributed by atoms with Crippen LogP contribution >= 0.6 is 24.8 Å². The molecule has 0 N–H and O–H groups in total. The smallest absolute Gasteiger partial charge is 0 e.